The van der Waals surface area contributed by atoms with E-state index in [0.717, 1.165) is 27.9 Å². The quantitative estimate of drug-likeness (QED) is 0.327. The van der Waals surface area contributed by atoms with Gasteiger partial charge in [0.05, 0.1) is 24.5 Å². The van der Waals surface area contributed by atoms with Crippen molar-refractivity contribution in [3.8, 4) is 0 Å². The van der Waals surface area contributed by atoms with Gasteiger partial charge in [-0.1, -0.05) is 72.8 Å². The Kier molecular flexibility index (Phi) is 7.63. The van der Waals surface area contributed by atoms with Gasteiger partial charge in [0.2, 0.25) is 5.91 Å². The van der Waals surface area contributed by atoms with Gasteiger partial charge >= 0.3 is 12.0 Å². The van der Waals surface area contributed by atoms with E-state index in [1.807, 2.05) is 90.4 Å². The third-order valence-electron chi connectivity index (χ3n) is 7.32. The number of carboxylic acid groups (broad SMARTS) is 1. The average molecular weight is 538 g/mol. The highest BCUT2D eigenvalue weighted by Gasteiger charge is 2.40. The highest BCUT2D eigenvalue weighted by molar-refractivity contribution is 5.91. The Bertz CT molecular complexity index is 1490. The molecule has 2 heterocycles. The van der Waals surface area contributed by atoms with Crippen molar-refractivity contribution in [1.82, 2.24) is 19.8 Å². The van der Waals surface area contributed by atoms with Crippen LogP contribution in [-0.2, 0) is 29.1 Å². The molecule has 3 N–H and O–H groups in total. The first-order valence-electron chi connectivity index (χ1n) is 13.1. The molecule has 3 aromatic carbocycles. The van der Waals surface area contributed by atoms with Crippen LogP contribution in [0.1, 0.15) is 39.6 Å². The molecule has 40 heavy (non-hydrogen) atoms. The maximum absolute atomic E-state index is 14.1. The Morgan fingerprint density at radius 1 is 1.00 bits per heavy atom. The molecule has 4 aromatic rings. The number of hydrogen-bond acceptors (Lipinski definition) is 4. The second-order valence-electron chi connectivity index (χ2n) is 9.90. The van der Waals surface area contributed by atoms with Crippen LogP contribution in [0.5, 0.6) is 0 Å². The second kappa shape index (κ2) is 11.4. The van der Waals surface area contributed by atoms with Gasteiger partial charge in [-0.3, -0.25) is 4.79 Å². The molecule has 9 nitrogen and oxygen atoms in total. The van der Waals surface area contributed by atoms with Crippen LogP contribution in [-0.4, -0.2) is 50.6 Å². The number of aryl methyl sites for hydroxylation is 1. The van der Waals surface area contributed by atoms with Gasteiger partial charge in [-0.15, -0.1) is 0 Å². The van der Waals surface area contributed by atoms with Crippen molar-refractivity contribution in [1.29, 1.82) is 0 Å². The maximum Gasteiger partial charge on any atom is 0.326 e. The van der Waals surface area contributed by atoms with E-state index in [1.165, 1.54) is 4.90 Å². The number of rotatable bonds is 7. The van der Waals surface area contributed by atoms with Crippen LogP contribution in [0.3, 0.4) is 0 Å². The maximum atomic E-state index is 14.1. The van der Waals surface area contributed by atoms with Gasteiger partial charge in [0, 0.05) is 31.4 Å². The zero-order chi connectivity index (χ0) is 28.2. The van der Waals surface area contributed by atoms with E-state index in [1.54, 1.807) is 13.4 Å². The summed E-state index contributed by atoms with van der Waals surface area (Å²) in [5.41, 5.74) is 5.72. The van der Waals surface area contributed by atoms with E-state index in [0.29, 0.717) is 17.9 Å². The summed E-state index contributed by atoms with van der Waals surface area (Å²) < 4.78 is 1.94. The van der Waals surface area contributed by atoms with Crippen molar-refractivity contribution < 1.29 is 19.5 Å². The first kappa shape index (κ1) is 26.7. The largest absolute Gasteiger partial charge is 0.480 e. The van der Waals surface area contributed by atoms with Crippen LogP contribution in [0, 0.1) is 6.92 Å². The molecule has 0 spiro atoms. The molecule has 9 heteroatoms. The summed E-state index contributed by atoms with van der Waals surface area (Å²) >= 11 is 0. The number of fused-ring (bicyclic) bond motifs is 1. The molecule has 1 aliphatic rings. The Morgan fingerprint density at radius 2 is 1.65 bits per heavy atom. The predicted octanol–water partition coefficient (Wildman–Crippen LogP) is 4.16. The lowest BCUT2D eigenvalue weighted by atomic mass is 9.88. The Morgan fingerprint density at radius 3 is 2.23 bits per heavy atom. The molecule has 1 aromatic heterocycles. The Labute approximate surface area is 232 Å². The number of carboxylic acids is 1. The summed E-state index contributed by atoms with van der Waals surface area (Å²) in [7, 11) is 1.56. The number of aliphatic carboxylic acids is 1. The fourth-order valence-electron chi connectivity index (χ4n) is 5.25. The number of carbonyl (C=O) groups excluding carboxylic acids is 2. The predicted molar refractivity (Wildman–Crippen MR) is 151 cm³/mol. The summed E-state index contributed by atoms with van der Waals surface area (Å²) in [4.78, 5) is 44.3. The molecule has 0 bridgehead atoms. The van der Waals surface area contributed by atoms with E-state index in [9.17, 15) is 19.5 Å². The van der Waals surface area contributed by atoms with Gasteiger partial charge in [-0.2, -0.15) is 0 Å². The van der Waals surface area contributed by atoms with E-state index in [-0.39, 0.29) is 24.9 Å². The molecule has 1 aliphatic heterocycles. The van der Waals surface area contributed by atoms with Crippen LogP contribution >= 0.6 is 0 Å². The lowest BCUT2D eigenvalue weighted by Gasteiger charge is -2.35. The molecule has 0 fully saturated rings. The summed E-state index contributed by atoms with van der Waals surface area (Å²) in [6, 6.07) is 23.3. The lowest BCUT2D eigenvalue weighted by Crippen LogP contribution is -2.50. The molecule has 0 unspecified atom stereocenters. The Hall–Kier alpha value is -4.92. The summed E-state index contributed by atoms with van der Waals surface area (Å²) in [6.45, 7) is 2.51. The van der Waals surface area contributed by atoms with Crippen LogP contribution in [0.15, 0.2) is 85.2 Å². The molecule has 0 saturated heterocycles. The van der Waals surface area contributed by atoms with Gasteiger partial charge in [0.25, 0.3) is 0 Å². The van der Waals surface area contributed by atoms with Crippen molar-refractivity contribution >= 4 is 23.6 Å². The smallest absolute Gasteiger partial charge is 0.326 e. The monoisotopic (exact) mass is 537 g/mol. The van der Waals surface area contributed by atoms with Crippen molar-refractivity contribution in [3.63, 3.8) is 0 Å². The minimum Gasteiger partial charge on any atom is -0.480 e. The van der Waals surface area contributed by atoms with E-state index < -0.39 is 17.9 Å². The van der Waals surface area contributed by atoms with E-state index in [4.69, 9.17) is 0 Å². The number of carbonyl (C=O) groups is 3. The number of anilines is 1. The van der Waals surface area contributed by atoms with Gasteiger partial charge in [-0.25, -0.2) is 14.6 Å². The number of nitrogens with zero attached hydrogens (tertiary/aromatic N) is 3. The molecule has 0 radical (unpaired) electrons. The fourth-order valence-corrected chi connectivity index (χ4v) is 5.25. The molecule has 204 valence electrons. The summed E-state index contributed by atoms with van der Waals surface area (Å²) in [5, 5.41) is 15.5. The van der Waals surface area contributed by atoms with Gasteiger partial charge < -0.3 is 25.2 Å². The minimum absolute atomic E-state index is 0.113. The van der Waals surface area contributed by atoms with Crippen LogP contribution < -0.4 is 10.6 Å². The SMILES string of the molecule is CNC(=O)Nc1ccc(Cn2cnc3c2C[C@@H](C(=O)O)N(C(=O)C(c2ccccc2)c2ccccc2)C3)cc1C. The third-order valence-corrected chi connectivity index (χ3v) is 7.32. The number of urea groups is 1. The zero-order valence-electron chi connectivity index (χ0n) is 22.4. The van der Waals surface area contributed by atoms with E-state index >= 15 is 0 Å². The number of nitrogens with one attached hydrogen (secondary N) is 2. The zero-order valence-corrected chi connectivity index (χ0v) is 22.4. The number of amides is 3. The standard InChI is InChI=1S/C31H31N5O4/c1-20-15-21(13-14-24(20)34-31(40)32-2)17-35-19-33-25-18-36(27(30(38)39)16-26(25)35)29(37)28(22-9-5-3-6-10-22)23-11-7-4-8-12-23/h3-15,19,27-28H,16-18H2,1-2H3,(H,38,39)(H2,32,34,40)/t27-/m0/s1. The average Bonchev–Trinajstić information content (AvgIpc) is 3.36. The molecule has 5 rings (SSSR count). The second-order valence-corrected chi connectivity index (χ2v) is 9.90. The van der Waals surface area contributed by atoms with Gasteiger partial charge in [-0.05, 0) is 35.2 Å². The number of imidazole rings is 1. The highest BCUT2D eigenvalue weighted by atomic mass is 16.4. The lowest BCUT2D eigenvalue weighted by molar-refractivity contribution is -0.151. The number of hydrogen-bond donors (Lipinski definition) is 3. The molecular weight excluding hydrogens is 506 g/mol. The van der Waals surface area contributed by atoms with Crippen LogP contribution in [0.2, 0.25) is 0 Å². The van der Waals surface area contributed by atoms with Crippen molar-refractivity contribution in [2.75, 3.05) is 12.4 Å². The fraction of sp³-hybridized carbons (Fsp3) is 0.226. The van der Waals surface area contributed by atoms with Crippen LogP contribution in [0.25, 0.3) is 0 Å². The van der Waals surface area contributed by atoms with Crippen molar-refractivity contribution in [2.24, 2.45) is 0 Å². The highest BCUT2D eigenvalue weighted by Crippen LogP contribution is 2.32. The molecule has 3 amide bonds. The molecule has 1 atom stereocenters. The Balaban J connectivity index is 1.42. The first-order chi connectivity index (χ1) is 19.4. The van der Waals surface area contributed by atoms with Crippen molar-refractivity contribution in [2.45, 2.75) is 38.4 Å². The topological polar surface area (TPSA) is 117 Å². The van der Waals surface area contributed by atoms with Crippen LogP contribution in [0.4, 0.5) is 10.5 Å². The van der Waals surface area contributed by atoms with Gasteiger partial charge in [0.1, 0.15) is 6.04 Å². The normalized spacial score (nSPS) is 14.5. The molecular formula is C31H31N5O4. The molecule has 0 aliphatic carbocycles. The number of aromatic nitrogens is 2. The van der Waals surface area contributed by atoms with E-state index in [2.05, 4.69) is 15.6 Å². The minimum atomic E-state index is -1.05. The summed E-state index contributed by atoms with van der Waals surface area (Å²) in [5.74, 6) is -1.94. The first-order valence-corrected chi connectivity index (χ1v) is 13.1. The third kappa shape index (κ3) is 5.44. The summed E-state index contributed by atoms with van der Waals surface area (Å²) in [6.07, 6.45) is 1.86. The van der Waals surface area contributed by atoms with Gasteiger partial charge in [0.15, 0.2) is 0 Å². The van der Waals surface area contributed by atoms with Crippen molar-refractivity contribution in [3.05, 3.63) is 119 Å². The number of benzene rings is 3. The molecule has 0 saturated carbocycles.